The van der Waals surface area contributed by atoms with Crippen LogP contribution < -0.4 is 88.6 Å². The summed E-state index contributed by atoms with van der Waals surface area (Å²) in [7, 11) is 5.86. The molecule has 12 aromatic rings. The van der Waals surface area contributed by atoms with Crippen LogP contribution in [0.25, 0.3) is 23.3 Å². The molecule has 19 rings (SSSR count). The van der Waals surface area contributed by atoms with Crippen LogP contribution in [0.3, 0.4) is 0 Å². The number of ether oxygens (including phenoxy) is 5. The van der Waals surface area contributed by atoms with Crippen LogP contribution in [0.15, 0.2) is 153 Å². The Hall–Kier alpha value is -13.7. The summed E-state index contributed by atoms with van der Waals surface area (Å²) in [6.45, 7) is 24.4. The minimum Gasteiger partial charge on any atom is -0.494 e. The molecule has 0 aliphatic carbocycles. The highest BCUT2D eigenvalue weighted by Gasteiger charge is 2.29. The quantitative estimate of drug-likeness (QED) is 0.0350. The summed E-state index contributed by atoms with van der Waals surface area (Å²) in [4.78, 5) is 66.1. The molecule has 8 aromatic heterocycles. The molecule has 15 heterocycles. The molecule has 7 saturated heterocycles. The van der Waals surface area contributed by atoms with E-state index in [0.717, 1.165) is 190 Å². The first kappa shape index (κ1) is 86.9. The van der Waals surface area contributed by atoms with E-state index in [1.807, 2.05) is 91.0 Å². The van der Waals surface area contributed by atoms with E-state index < -0.39 is 0 Å². The van der Waals surface area contributed by atoms with E-state index in [9.17, 15) is 5.11 Å². The van der Waals surface area contributed by atoms with Crippen molar-refractivity contribution in [2.75, 3.05) is 244 Å². The third kappa shape index (κ3) is 22.2. The Balaban J connectivity index is 0.000000125. The van der Waals surface area contributed by atoms with Crippen LogP contribution in [0.4, 0.5) is 111 Å². The molecule has 14 N–H and O–H groups in total. The van der Waals surface area contributed by atoms with Gasteiger partial charge >= 0.3 is 0 Å². The second-order valence-corrected chi connectivity index (χ2v) is 32.0. The maximum atomic E-state index is 9.55. The molecule has 127 heavy (non-hydrogen) atoms. The second-order valence-electron chi connectivity index (χ2n) is 32.0. The predicted octanol–water partition coefficient (Wildman–Crippen LogP) is 6.42. The largest absolute Gasteiger partial charge is 0.494 e. The number of hydrogen-bond donors (Lipinski definition) is 10. The van der Waals surface area contributed by atoms with Crippen LogP contribution in [-0.2, 0) is 18.9 Å². The Morgan fingerprint density at radius 1 is 0.425 bits per heavy atom. The van der Waals surface area contributed by atoms with Gasteiger partial charge in [0.15, 0.2) is 23.3 Å². The van der Waals surface area contributed by atoms with Gasteiger partial charge in [0.2, 0.25) is 47.6 Å². The summed E-state index contributed by atoms with van der Waals surface area (Å²) in [5.41, 5.74) is 32.5. The van der Waals surface area contributed by atoms with E-state index in [1.54, 1.807) is 19.6 Å². The van der Waals surface area contributed by atoms with Gasteiger partial charge in [-0.15, -0.1) is 20.4 Å². The summed E-state index contributed by atoms with van der Waals surface area (Å²) in [5.74, 6) is 8.35. The van der Waals surface area contributed by atoms with Gasteiger partial charge in [-0.1, -0.05) is 6.07 Å². The van der Waals surface area contributed by atoms with E-state index in [1.165, 1.54) is 48.4 Å². The molecular weight excluding hydrogens is 1620 g/mol. The molecule has 0 spiro atoms. The Morgan fingerprint density at radius 3 is 1.27 bits per heavy atom. The van der Waals surface area contributed by atoms with Gasteiger partial charge < -0.3 is 118 Å². The number of piperazine rings is 1. The number of nitrogen functional groups attached to an aromatic ring is 4. The molecule has 42 heteroatoms. The van der Waals surface area contributed by atoms with Gasteiger partial charge in [-0.3, -0.25) is 0 Å². The maximum Gasteiger partial charge on any atom is 0.249 e. The molecule has 7 aliphatic heterocycles. The lowest BCUT2D eigenvalue weighted by Crippen LogP contribution is -2.49. The van der Waals surface area contributed by atoms with Crippen molar-refractivity contribution in [3.05, 3.63) is 153 Å². The second kappa shape index (κ2) is 41.0. The number of nitrogens with zero attached hydrogens (tertiary/aromatic N) is 27. The first-order valence-corrected chi connectivity index (χ1v) is 42.9. The summed E-state index contributed by atoms with van der Waals surface area (Å²) in [6.07, 6.45) is 9.87. The summed E-state index contributed by atoms with van der Waals surface area (Å²) < 4.78 is 33.8. The van der Waals surface area contributed by atoms with Gasteiger partial charge in [0.1, 0.15) is 42.2 Å². The van der Waals surface area contributed by atoms with Crippen molar-refractivity contribution in [1.82, 2.24) is 104 Å². The van der Waals surface area contributed by atoms with Gasteiger partial charge in [0, 0.05) is 187 Å². The van der Waals surface area contributed by atoms with E-state index in [0.29, 0.717) is 78.1 Å². The number of piperidine rings is 1. The number of aliphatic hydroxyl groups excluding tert-OH is 1. The number of aliphatic hydroxyl groups is 1. The van der Waals surface area contributed by atoms with Crippen LogP contribution in [0, 0.1) is 5.92 Å². The van der Waals surface area contributed by atoms with Crippen LogP contribution in [0.5, 0.6) is 5.75 Å². The Morgan fingerprint density at radius 2 is 0.843 bits per heavy atom. The Kier molecular flexibility index (Phi) is 28.0. The molecule has 0 amide bonds. The number of anilines is 19. The molecule has 0 bridgehead atoms. The average Bonchev–Trinajstić information content (AvgIpc) is 1.75. The summed E-state index contributed by atoms with van der Waals surface area (Å²) >= 11 is 0. The van der Waals surface area contributed by atoms with E-state index >= 15 is 0 Å². The molecule has 7 aliphatic rings. The molecule has 2 unspecified atom stereocenters. The van der Waals surface area contributed by atoms with Crippen molar-refractivity contribution < 1.29 is 28.8 Å². The fourth-order valence-electron chi connectivity index (χ4n) is 16.1. The minimum absolute atomic E-state index is 0.177. The maximum absolute atomic E-state index is 9.55. The summed E-state index contributed by atoms with van der Waals surface area (Å²) in [5, 5.41) is 43.8. The Bertz CT molecular complexity index is 5500. The molecule has 0 saturated carbocycles. The number of methoxy groups -OCH3 is 1. The van der Waals surface area contributed by atoms with Crippen molar-refractivity contribution in [1.29, 1.82) is 0 Å². The van der Waals surface area contributed by atoms with Crippen molar-refractivity contribution >= 4 is 111 Å². The number of pyridine rings is 1. The van der Waals surface area contributed by atoms with E-state index in [-0.39, 0.29) is 48.5 Å². The third-order valence-corrected chi connectivity index (χ3v) is 22.7. The lowest BCUT2D eigenvalue weighted by molar-refractivity contribution is -0.00522. The topological polar surface area (TPSA) is 470 Å². The predicted molar refractivity (Wildman–Crippen MR) is 490 cm³/mol. The number of nitrogens with one attached hydrogen (secondary N) is 5. The number of aromatic nitrogens is 19. The monoisotopic (exact) mass is 1730 g/mol. The lowest BCUT2D eigenvalue weighted by Gasteiger charge is -2.36. The normalized spacial score (nSPS) is 19.1. The Labute approximate surface area is 736 Å². The van der Waals surface area contributed by atoms with Gasteiger partial charge in [0.05, 0.1) is 64.6 Å². The van der Waals surface area contributed by atoms with E-state index in [4.69, 9.17) is 46.6 Å². The fraction of sp³-hybridized carbons (Fsp3) is 0.424. The van der Waals surface area contributed by atoms with Crippen molar-refractivity contribution in [2.24, 2.45) is 5.92 Å². The molecule has 668 valence electrons. The van der Waals surface area contributed by atoms with Crippen LogP contribution in [0.2, 0.25) is 0 Å². The number of rotatable bonds is 22. The molecule has 7 fully saturated rings. The highest BCUT2D eigenvalue weighted by molar-refractivity contribution is 5.70. The van der Waals surface area contributed by atoms with Crippen LogP contribution in [-0.4, -0.2) is 294 Å². The number of benzene rings is 4. The van der Waals surface area contributed by atoms with Crippen molar-refractivity contribution in [3.63, 3.8) is 0 Å². The SMILES string of the molecule is CC1CN(c2cc(-n3nc(Nc4ccc(N5CCOCC5)cc4)nc3N)ncn2)CCN1.CN(C)C1CCN(c2cc(-n3nc(Nc4ccc(N5CCOCC5)cc4)nc3N)ncn2)C1.COc1cc(N2CCOCC2)ccc1Nc1nc(N)n(-c2cc(N3CCC[C@@H](CO)C3)ncn2)n1.C[C@@H]1CN(c2ccc(Nc3nc(N)n(-c4ccccn4)n3)cc2)C[C@H](C)O1. The van der Waals surface area contributed by atoms with Gasteiger partial charge in [-0.2, -0.15) is 38.7 Å². The number of hydrogen-bond acceptors (Lipinski definition) is 38. The number of likely N-dealkylation sites (N-methyl/N-ethyl adjacent to an activating group) is 1. The smallest absolute Gasteiger partial charge is 0.249 e. The molecular formula is C85H112N36O6. The molecule has 5 atom stereocenters. The first-order valence-electron chi connectivity index (χ1n) is 42.9. The van der Waals surface area contributed by atoms with E-state index in [2.05, 4.69) is 212 Å². The van der Waals surface area contributed by atoms with Crippen LogP contribution in [0.1, 0.15) is 40.0 Å². The zero-order valence-corrected chi connectivity index (χ0v) is 72.4. The van der Waals surface area contributed by atoms with Gasteiger partial charge in [0.25, 0.3) is 0 Å². The van der Waals surface area contributed by atoms with Crippen molar-refractivity contribution in [2.45, 2.75) is 64.3 Å². The van der Waals surface area contributed by atoms with Crippen molar-refractivity contribution in [3.8, 4) is 29.0 Å². The minimum atomic E-state index is 0.177. The zero-order chi connectivity index (χ0) is 87.7. The summed E-state index contributed by atoms with van der Waals surface area (Å²) in [6, 6.07) is 42.7. The highest BCUT2D eigenvalue weighted by Crippen LogP contribution is 2.35. The molecule has 42 nitrogen and oxygen atoms in total. The fourth-order valence-corrected chi connectivity index (χ4v) is 16.1. The lowest BCUT2D eigenvalue weighted by atomic mass is 9.99. The van der Waals surface area contributed by atoms with Gasteiger partial charge in [-0.25, -0.2) is 34.9 Å². The average molecular weight is 1730 g/mol. The first-order chi connectivity index (χ1) is 61.9. The highest BCUT2D eigenvalue weighted by atomic mass is 16.5. The third-order valence-electron chi connectivity index (χ3n) is 22.7. The molecule has 0 radical (unpaired) electrons. The zero-order valence-electron chi connectivity index (χ0n) is 72.4. The number of nitrogens with two attached hydrogens (primary N) is 4. The standard InChI is InChI=1S/C23H31N9O3.C22H30N10O.C21H28N10O.C19H23N7O/c1-34-19-11-17(30-7-9-35-10-8-30)4-5-18(19)27-23-28-22(24)32(29-23)21-12-20(25-15-26-21)31-6-2-3-16(13-31)14-33;1-29(2)18-7-8-31(14-18)19-13-20(25-15-24-19)32-21(23)27-22(28-32)26-16-3-5-17(6-4-16)30-9-11-33-12-10-30;1-15-13-30(7-6-23-15)18-12-19(25-14-24-18)31-20(22)27-21(28-31)26-16-2-4-17(5-3-16)29-8-10-32-11-9-29;1-13-11-25(12-14(2)27-13)16-8-6-15(7-9-16)22-19-23-18(20)26(24-19)17-5-3-4-10-21-17/h4-5,11-12,15-16,33H,2-3,6-10,13-14H2,1H3,(H3,24,27,28,29);3-6,13,15,18H,7-12,14H2,1-2H3,(H3,23,26,27,28);2-5,12,14-15,23H,6-11,13H2,1H3,(H3,22,26,27,28);3-10,13-14H,11-12H2,1-2H3,(H3,20,22,23,24)/t16-;;;13-,14+/m1.../s1. The van der Waals surface area contributed by atoms with Crippen LogP contribution >= 0.6 is 0 Å². The molecule has 4 aromatic carbocycles. The van der Waals surface area contributed by atoms with Gasteiger partial charge in [-0.05, 0) is 157 Å². The number of morpholine rings is 4.